The van der Waals surface area contributed by atoms with Crippen molar-refractivity contribution >= 4 is 5.69 Å². The number of nitriles is 1. The van der Waals surface area contributed by atoms with Crippen molar-refractivity contribution in [2.24, 2.45) is 5.11 Å². The number of azide groups is 1. The highest BCUT2D eigenvalue weighted by Crippen LogP contribution is 2.21. The molecular formula is C11H6FN5. The Morgan fingerprint density at radius 1 is 1.41 bits per heavy atom. The topological polar surface area (TPSA) is 77.5 Å². The van der Waals surface area contributed by atoms with Gasteiger partial charge in [0.2, 0.25) is 0 Å². The smallest absolute Gasteiger partial charge is 0.147 e. The van der Waals surface area contributed by atoms with E-state index >= 15 is 0 Å². The van der Waals surface area contributed by atoms with Crippen molar-refractivity contribution in [2.45, 2.75) is 0 Å². The summed E-state index contributed by atoms with van der Waals surface area (Å²) in [6.07, 6.45) is 3.11. The van der Waals surface area contributed by atoms with Gasteiger partial charge < -0.3 is 4.57 Å². The lowest BCUT2D eigenvalue weighted by molar-refractivity contribution is 0.618. The molecule has 0 aliphatic rings. The number of hydrogen-bond donors (Lipinski definition) is 0. The number of rotatable bonds is 2. The maximum atomic E-state index is 13.7. The van der Waals surface area contributed by atoms with Gasteiger partial charge in [0, 0.05) is 23.0 Å². The second kappa shape index (κ2) is 4.39. The predicted molar refractivity (Wildman–Crippen MR) is 59.2 cm³/mol. The van der Waals surface area contributed by atoms with Gasteiger partial charge in [-0.1, -0.05) is 11.2 Å². The van der Waals surface area contributed by atoms with Gasteiger partial charge in [0.15, 0.2) is 0 Å². The SMILES string of the molecule is N#Cc1ccn(-c2ccc(N=[N+]=[N-])cc2F)c1. The monoisotopic (exact) mass is 227 g/mol. The Labute approximate surface area is 96.0 Å². The van der Waals surface area contributed by atoms with Crippen LogP contribution < -0.4 is 0 Å². The molecule has 0 spiro atoms. The molecule has 0 N–H and O–H groups in total. The minimum atomic E-state index is -0.519. The van der Waals surface area contributed by atoms with Gasteiger partial charge in [-0.3, -0.25) is 0 Å². The molecule has 0 bridgehead atoms. The Hall–Kier alpha value is -2.77. The Kier molecular flexibility index (Phi) is 2.77. The summed E-state index contributed by atoms with van der Waals surface area (Å²) in [4.78, 5) is 2.58. The first-order valence-corrected chi connectivity index (χ1v) is 4.67. The van der Waals surface area contributed by atoms with Crippen LogP contribution in [0.5, 0.6) is 0 Å². The molecule has 1 aromatic heterocycles. The number of nitrogens with zero attached hydrogens (tertiary/aromatic N) is 5. The Morgan fingerprint density at radius 2 is 2.24 bits per heavy atom. The van der Waals surface area contributed by atoms with Gasteiger partial charge in [-0.25, -0.2) is 4.39 Å². The van der Waals surface area contributed by atoms with Crippen LogP contribution in [0.2, 0.25) is 0 Å². The number of aromatic nitrogens is 1. The summed E-state index contributed by atoms with van der Waals surface area (Å²) in [5, 5.41) is 12.0. The molecule has 0 radical (unpaired) electrons. The summed E-state index contributed by atoms with van der Waals surface area (Å²) in [7, 11) is 0. The van der Waals surface area contributed by atoms with Gasteiger partial charge in [0.1, 0.15) is 11.9 Å². The number of benzene rings is 1. The second-order valence-electron chi connectivity index (χ2n) is 3.24. The Morgan fingerprint density at radius 3 is 2.82 bits per heavy atom. The lowest BCUT2D eigenvalue weighted by Gasteiger charge is -2.04. The summed E-state index contributed by atoms with van der Waals surface area (Å²) in [5.74, 6) is -0.519. The van der Waals surface area contributed by atoms with Crippen molar-refractivity contribution in [2.75, 3.05) is 0 Å². The van der Waals surface area contributed by atoms with Crippen LogP contribution in [0.4, 0.5) is 10.1 Å². The fraction of sp³-hybridized carbons (Fsp3) is 0. The van der Waals surface area contributed by atoms with E-state index in [-0.39, 0.29) is 5.69 Å². The third-order valence-corrected chi connectivity index (χ3v) is 2.19. The zero-order valence-corrected chi connectivity index (χ0v) is 8.58. The van der Waals surface area contributed by atoms with Gasteiger partial charge >= 0.3 is 0 Å². The normalized spacial score (nSPS) is 9.41. The maximum Gasteiger partial charge on any atom is 0.147 e. The van der Waals surface area contributed by atoms with Crippen LogP contribution >= 0.6 is 0 Å². The molecule has 0 saturated carbocycles. The summed E-state index contributed by atoms with van der Waals surface area (Å²) >= 11 is 0. The number of hydrogen-bond acceptors (Lipinski definition) is 2. The summed E-state index contributed by atoms with van der Waals surface area (Å²) in [6.45, 7) is 0. The molecule has 1 aromatic carbocycles. The van der Waals surface area contributed by atoms with Crippen LogP contribution in [0.15, 0.2) is 41.8 Å². The fourth-order valence-corrected chi connectivity index (χ4v) is 1.43. The first-order chi connectivity index (χ1) is 8.24. The molecule has 2 aromatic rings. The van der Waals surface area contributed by atoms with Crippen molar-refractivity contribution in [1.29, 1.82) is 5.26 Å². The van der Waals surface area contributed by atoms with Crippen LogP contribution in [0.25, 0.3) is 16.1 Å². The first kappa shape index (κ1) is 10.7. The van der Waals surface area contributed by atoms with Crippen molar-refractivity contribution in [3.05, 3.63) is 58.5 Å². The van der Waals surface area contributed by atoms with Crippen molar-refractivity contribution < 1.29 is 4.39 Å². The lowest BCUT2D eigenvalue weighted by atomic mass is 10.2. The highest BCUT2D eigenvalue weighted by Gasteiger charge is 2.05. The third kappa shape index (κ3) is 2.09. The molecule has 5 nitrogen and oxygen atoms in total. The van der Waals surface area contributed by atoms with Crippen LogP contribution in [0.3, 0.4) is 0 Å². The minimum absolute atomic E-state index is 0.210. The van der Waals surface area contributed by atoms with E-state index in [1.807, 2.05) is 6.07 Å². The molecule has 1 heterocycles. The van der Waals surface area contributed by atoms with Crippen molar-refractivity contribution in [1.82, 2.24) is 4.57 Å². The van der Waals surface area contributed by atoms with E-state index in [1.165, 1.54) is 22.9 Å². The molecule has 2 rings (SSSR count). The minimum Gasteiger partial charge on any atom is -0.320 e. The molecule has 0 aliphatic heterocycles. The fourth-order valence-electron chi connectivity index (χ4n) is 1.43. The standard InChI is InChI=1S/C11H6FN5/c12-10-5-9(15-16-14)1-2-11(10)17-4-3-8(6-13)7-17/h1-5,7H. The average Bonchev–Trinajstić information content (AvgIpc) is 2.78. The maximum absolute atomic E-state index is 13.7. The summed E-state index contributed by atoms with van der Waals surface area (Å²) < 4.78 is 15.2. The zero-order chi connectivity index (χ0) is 12.3. The highest BCUT2D eigenvalue weighted by molar-refractivity contribution is 5.47. The Balaban J connectivity index is 2.46. The van der Waals surface area contributed by atoms with Gasteiger partial charge in [-0.05, 0) is 23.7 Å². The molecular weight excluding hydrogens is 221 g/mol. The quantitative estimate of drug-likeness (QED) is 0.439. The van der Waals surface area contributed by atoms with Gasteiger partial charge in [-0.15, -0.1) is 0 Å². The van der Waals surface area contributed by atoms with E-state index in [1.54, 1.807) is 12.3 Å². The largest absolute Gasteiger partial charge is 0.320 e. The van der Waals surface area contributed by atoms with E-state index in [0.717, 1.165) is 6.07 Å². The molecule has 0 aliphatic carbocycles. The molecule has 0 atom stereocenters. The van der Waals surface area contributed by atoms with E-state index in [2.05, 4.69) is 10.0 Å². The van der Waals surface area contributed by atoms with Crippen LogP contribution in [-0.4, -0.2) is 4.57 Å². The summed E-state index contributed by atoms with van der Waals surface area (Å²) in [5.41, 5.74) is 9.18. The average molecular weight is 227 g/mol. The van der Waals surface area contributed by atoms with Crippen LogP contribution in [0.1, 0.15) is 5.56 Å². The van der Waals surface area contributed by atoms with Gasteiger partial charge in [0.25, 0.3) is 0 Å². The molecule has 6 heteroatoms. The highest BCUT2D eigenvalue weighted by atomic mass is 19.1. The van der Waals surface area contributed by atoms with Crippen molar-refractivity contribution in [3.63, 3.8) is 0 Å². The molecule has 0 saturated heterocycles. The summed E-state index contributed by atoms with van der Waals surface area (Å²) in [6, 6.07) is 7.67. The van der Waals surface area contributed by atoms with E-state index in [4.69, 9.17) is 10.8 Å². The van der Waals surface area contributed by atoms with E-state index in [9.17, 15) is 4.39 Å². The first-order valence-electron chi connectivity index (χ1n) is 4.67. The Bertz CT molecular complexity index is 646. The third-order valence-electron chi connectivity index (χ3n) is 2.19. The van der Waals surface area contributed by atoms with Crippen molar-refractivity contribution in [3.8, 4) is 11.8 Å². The van der Waals surface area contributed by atoms with Gasteiger partial charge in [-0.2, -0.15) is 5.26 Å². The van der Waals surface area contributed by atoms with Gasteiger partial charge in [0.05, 0.1) is 11.3 Å². The molecule has 82 valence electrons. The molecule has 0 amide bonds. The van der Waals surface area contributed by atoms with Crippen LogP contribution in [0, 0.1) is 17.1 Å². The second-order valence-corrected chi connectivity index (χ2v) is 3.24. The predicted octanol–water partition coefficient (Wildman–Crippen LogP) is 3.43. The van der Waals surface area contributed by atoms with E-state index in [0.29, 0.717) is 11.3 Å². The molecule has 0 unspecified atom stereocenters. The molecule has 0 fully saturated rings. The van der Waals surface area contributed by atoms with E-state index < -0.39 is 5.82 Å². The number of halogens is 1. The van der Waals surface area contributed by atoms with Crippen LogP contribution in [-0.2, 0) is 0 Å². The zero-order valence-electron chi connectivity index (χ0n) is 8.58. The lowest BCUT2D eigenvalue weighted by Crippen LogP contribution is -1.93. The molecule has 17 heavy (non-hydrogen) atoms.